The average Bonchev–Trinajstić information content (AvgIpc) is 2.86. The highest BCUT2D eigenvalue weighted by molar-refractivity contribution is 6.31. The first-order valence-corrected chi connectivity index (χ1v) is 8.23. The molecule has 2 aliphatic carbocycles. The molecule has 1 N–H and O–H groups in total. The summed E-state index contributed by atoms with van der Waals surface area (Å²) in [6.45, 7) is 9.60. The van der Waals surface area contributed by atoms with Gasteiger partial charge in [-0.1, -0.05) is 50.6 Å². The number of fused-ring (bicyclic) bond motifs is 2. The van der Waals surface area contributed by atoms with E-state index in [1.165, 1.54) is 24.8 Å². The van der Waals surface area contributed by atoms with Crippen LogP contribution in [0.15, 0.2) is 24.3 Å². The van der Waals surface area contributed by atoms with Gasteiger partial charge in [0.05, 0.1) is 0 Å². The molecule has 2 fully saturated rings. The highest BCUT2D eigenvalue weighted by atomic mass is 35.5. The summed E-state index contributed by atoms with van der Waals surface area (Å²) >= 11 is 6.35. The third-order valence-electron chi connectivity index (χ3n) is 6.06. The molecule has 0 radical (unpaired) electrons. The Kier molecular flexibility index (Phi) is 3.42. The van der Waals surface area contributed by atoms with Gasteiger partial charge in [0, 0.05) is 17.1 Å². The molecule has 2 heteroatoms. The van der Waals surface area contributed by atoms with Crippen LogP contribution in [-0.4, -0.2) is 6.04 Å². The van der Waals surface area contributed by atoms with Crippen LogP contribution in [0.2, 0.25) is 5.02 Å². The van der Waals surface area contributed by atoms with E-state index in [1.807, 2.05) is 12.1 Å². The predicted octanol–water partition coefficient (Wildman–Crippen LogP) is 5.21. The lowest BCUT2D eigenvalue weighted by molar-refractivity contribution is 0.100. The maximum absolute atomic E-state index is 6.35. The van der Waals surface area contributed by atoms with Crippen LogP contribution < -0.4 is 5.32 Å². The molecule has 4 atom stereocenters. The maximum Gasteiger partial charge on any atom is 0.0453 e. The molecule has 0 aromatic heterocycles. The Labute approximate surface area is 128 Å². The molecule has 2 saturated carbocycles. The molecule has 3 unspecified atom stereocenters. The lowest BCUT2D eigenvalue weighted by Gasteiger charge is -2.44. The summed E-state index contributed by atoms with van der Waals surface area (Å²) in [5.41, 5.74) is 2.07. The van der Waals surface area contributed by atoms with Crippen LogP contribution >= 0.6 is 11.6 Å². The molecular formula is C18H26ClN. The Morgan fingerprint density at radius 2 is 1.95 bits per heavy atom. The average molecular weight is 292 g/mol. The minimum atomic E-state index is 0.309. The van der Waals surface area contributed by atoms with E-state index < -0.39 is 0 Å². The maximum atomic E-state index is 6.35. The van der Waals surface area contributed by atoms with E-state index in [0.29, 0.717) is 22.9 Å². The van der Waals surface area contributed by atoms with E-state index in [2.05, 4.69) is 45.1 Å². The van der Waals surface area contributed by atoms with Gasteiger partial charge in [0.1, 0.15) is 0 Å². The molecule has 0 spiro atoms. The Hall–Kier alpha value is -0.530. The van der Waals surface area contributed by atoms with Crippen molar-refractivity contribution in [2.24, 2.45) is 16.7 Å². The van der Waals surface area contributed by atoms with Crippen LogP contribution in [-0.2, 0) is 0 Å². The van der Waals surface area contributed by atoms with E-state index in [-0.39, 0.29) is 0 Å². The summed E-state index contributed by atoms with van der Waals surface area (Å²) in [5.74, 6) is 0.878. The van der Waals surface area contributed by atoms with E-state index in [1.54, 1.807) is 0 Å². The van der Waals surface area contributed by atoms with E-state index >= 15 is 0 Å². The minimum Gasteiger partial charge on any atom is -0.306 e. The number of benzene rings is 1. The molecule has 0 amide bonds. The highest BCUT2D eigenvalue weighted by Gasteiger charge is 2.59. The molecule has 2 bridgehead atoms. The molecule has 3 rings (SSSR count). The van der Waals surface area contributed by atoms with Crippen molar-refractivity contribution in [3.63, 3.8) is 0 Å². The zero-order chi connectivity index (χ0) is 14.5. The Balaban J connectivity index is 1.83. The van der Waals surface area contributed by atoms with Crippen molar-refractivity contribution in [3.05, 3.63) is 34.9 Å². The van der Waals surface area contributed by atoms with Crippen molar-refractivity contribution in [2.75, 3.05) is 0 Å². The lowest BCUT2D eigenvalue weighted by Crippen LogP contribution is -2.51. The normalized spacial score (nSPS) is 36.2. The number of hydrogen-bond donors (Lipinski definition) is 1. The summed E-state index contributed by atoms with van der Waals surface area (Å²) in [5, 5.41) is 4.79. The monoisotopic (exact) mass is 291 g/mol. The fourth-order valence-corrected chi connectivity index (χ4v) is 5.18. The lowest BCUT2D eigenvalue weighted by atomic mass is 9.68. The summed E-state index contributed by atoms with van der Waals surface area (Å²) in [6, 6.07) is 9.10. The van der Waals surface area contributed by atoms with Crippen molar-refractivity contribution in [1.29, 1.82) is 0 Å². The van der Waals surface area contributed by atoms with Gasteiger partial charge < -0.3 is 5.32 Å². The molecule has 1 nitrogen and oxygen atoms in total. The summed E-state index contributed by atoms with van der Waals surface area (Å²) < 4.78 is 0. The molecule has 2 aliphatic rings. The minimum absolute atomic E-state index is 0.309. The van der Waals surface area contributed by atoms with Crippen molar-refractivity contribution in [2.45, 2.75) is 59.0 Å². The number of rotatable bonds is 3. The standard InChI is InChI=1S/C18H26ClN/c1-12(14-7-5-6-8-15(14)19)20-16-17(2,3)13-9-10-18(16,4)11-13/h5-8,12-13,16,20H,9-11H2,1-4H3/t12-,13?,16?,18?/m1/s1. The Morgan fingerprint density at radius 1 is 1.25 bits per heavy atom. The van der Waals surface area contributed by atoms with Gasteiger partial charge in [0.2, 0.25) is 0 Å². The van der Waals surface area contributed by atoms with Gasteiger partial charge >= 0.3 is 0 Å². The van der Waals surface area contributed by atoms with Crippen LogP contribution in [0.3, 0.4) is 0 Å². The number of hydrogen-bond acceptors (Lipinski definition) is 1. The second-order valence-electron chi connectivity index (χ2n) is 7.76. The van der Waals surface area contributed by atoms with E-state index in [4.69, 9.17) is 11.6 Å². The van der Waals surface area contributed by atoms with E-state index in [0.717, 1.165) is 10.9 Å². The molecular weight excluding hydrogens is 266 g/mol. The van der Waals surface area contributed by atoms with Crippen molar-refractivity contribution >= 4 is 11.6 Å². The van der Waals surface area contributed by atoms with Gasteiger partial charge in [-0.3, -0.25) is 0 Å². The summed E-state index contributed by atoms with van der Waals surface area (Å²) in [7, 11) is 0. The zero-order valence-corrected chi connectivity index (χ0v) is 13.8. The smallest absolute Gasteiger partial charge is 0.0453 e. The fraction of sp³-hybridized carbons (Fsp3) is 0.667. The third kappa shape index (κ3) is 2.10. The summed E-state index contributed by atoms with van der Waals surface area (Å²) in [6.07, 6.45) is 4.16. The number of nitrogens with one attached hydrogen (secondary N) is 1. The second kappa shape index (κ2) is 4.74. The quantitative estimate of drug-likeness (QED) is 0.806. The molecule has 0 heterocycles. The van der Waals surface area contributed by atoms with Crippen LogP contribution in [0.5, 0.6) is 0 Å². The SMILES string of the molecule is C[C@@H](NC1C2(C)CCC(C2)C1(C)C)c1ccccc1Cl. The van der Waals surface area contributed by atoms with Gasteiger partial charge in [-0.15, -0.1) is 0 Å². The van der Waals surface area contributed by atoms with Gasteiger partial charge in [-0.25, -0.2) is 0 Å². The topological polar surface area (TPSA) is 12.0 Å². The van der Waals surface area contributed by atoms with Crippen molar-refractivity contribution in [3.8, 4) is 0 Å². The number of halogens is 1. The Bertz CT molecular complexity index is 505. The van der Waals surface area contributed by atoms with E-state index in [9.17, 15) is 0 Å². The molecule has 0 aliphatic heterocycles. The van der Waals surface area contributed by atoms with Gasteiger partial charge in [-0.2, -0.15) is 0 Å². The molecule has 20 heavy (non-hydrogen) atoms. The van der Waals surface area contributed by atoms with Gasteiger partial charge in [0.15, 0.2) is 0 Å². The second-order valence-corrected chi connectivity index (χ2v) is 8.17. The zero-order valence-electron chi connectivity index (χ0n) is 13.0. The highest BCUT2D eigenvalue weighted by Crippen LogP contribution is 2.62. The fourth-order valence-electron chi connectivity index (χ4n) is 4.88. The van der Waals surface area contributed by atoms with Crippen LogP contribution in [0.25, 0.3) is 0 Å². The molecule has 110 valence electrons. The van der Waals surface area contributed by atoms with Gasteiger partial charge in [-0.05, 0) is 54.6 Å². The first kappa shape index (κ1) is 14.4. The van der Waals surface area contributed by atoms with Crippen LogP contribution in [0, 0.1) is 16.7 Å². The summed E-state index contributed by atoms with van der Waals surface area (Å²) in [4.78, 5) is 0. The largest absolute Gasteiger partial charge is 0.306 e. The molecule has 1 aromatic rings. The Morgan fingerprint density at radius 3 is 2.55 bits per heavy atom. The third-order valence-corrected chi connectivity index (χ3v) is 6.40. The first-order valence-electron chi connectivity index (χ1n) is 7.85. The van der Waals surface area contributed by atoms with Crippen molar-refractivity contribution < 1.29 is 0 Å². The van der Waals surface area contributed by atoms with Gasteiger partial charge in [0.25, 0.3) is 0 Å². The predicted molar refractivity (Wildman–Crippen MR) is 86.0 cm³/mol. The van der Waals surface area contributed by atoms with Crippen LogP contribution in [0.1, 0.15) is 58.6 Å². The first-order chi connectivity index (χ1) is 9.34. The molecule has 0 saturated heterocycles. The van der Waals surface area contributed by atoms with Crippen molar-refractivity contribution in [1.82, 2.24) is 5.32 Å². The van der Waals surface area contributed by atoms with Crippen LogP contribution in [0.4, 0.5) is 0 Å². The molecule has 1 aromatic carbocycles.